The number of aromatic nitrogens is 2. The van der Waals surface area contributed by atoms with Gasteiger partial charge in [-0.2, -0.15) is 0 Å². The highest BCUT2D eigenvalue weighted by Crippen LogP contribution is 2.25. The number of nitrogens with zero attached hydrogens (tertiary/aromatic N) is 3. The Morgan fingerprint density at radius 1 is 1.15 bits per heavy atom. The molecule has 3 heterocycles. The molecule has 1 N–H and O–H groups in total. The number of amides is 1. The van der Waals surface area contributed by atoms with E-state index in [2.05, 4.69) is 20.2 Å². The van der Waals surface area contributed by atoms with Crippen LogP contribution < -0.4 is 5.32 Å². The Hall–Kier alpha value is -1.79. The van der Waals surface area contributed by atoms with E-state index < -0.39 is 0 Å². The minimum absolute atomic E-state index is 0.0591. The molecule has 1 amide bonds. The van der Waals surface area contributed by atoms with E-state index in [4.69, 9.17) is 0 Å². The summed E-state index contributed by atoms with van der Waals surface area (Å²) in [6, 6.07) is 6.69. The van der Waals surface area contributed by atoms with E-state index in [1.54, 1.807) is 6.20 Å². The molecule has 0 bridgehead atoms. The third-order valence-corrected chi connectivity index (χ3v) is 6.38. The van der Waals surface area contributed by atoms with Crippen LogP contribution in [0.25, 0.3) is 10.7 Å². The average Bonchev–Trinajstić information content (AvgIpc) is 3.26. The molecule has 1 aliphatic carbocycles. The summed E-state index contributed by atoms with van der Waals surface area (Å²) in [6.45, 7) is 2.08. The lowest BCUT2D eigenvalue weighted by Gasteiger charge is -2.26. The Balaban J connectivity index is 1.33. The minimum Gasteiger partial charge on any atom is -0.347 e. The fraction of sp³-hybridized carbons (Fsp3) is 0.550. The second-order valence-electron chi connectivity index (χ2n) is 7.35. The fourth-order valence-corrected chi connectivity index (χ4v) is 4.88. The van der Waals surface area contributed by atoms with Gasteiger partial charge >= 0.3 is 0 Å². The van der Waals surface area contributed by atoms with Crippen molar-refractivity contribution in [2.24, 2.45) is 0 Å². The third kappa shape index (κ3) is 4.13. The summed E-state index contributed by atoms with van der Waals surface area (Å²) in [5.41, 5.74) is 1.32. The maximum absolute atomic E-state index is 12.6. The van der Waals surface area contributed by atoms with Crippen molar-refractivity contribution in [2.75, 3.05) is 13.1 Å². The first-order valence-corrected chi connectivity index (χ1v) is 10.6. The van der Waals surface area contributed by atoms with Crippen LogP contribution in [-0.4, -0.2) is 45.9 Å². The lowest BCUT2D eigenvalue weighted by atomic mass is 10.1. The van der Waals surface area contributed by atoms with Crippen LogP contribution in [0, 0.1) is 0 Å². The first-order valence-electron chi connectivity index (χ1n) is 9.71. The smallest absolute Gasteiger partial charge is 0.271 e. The zero-order chi connectivity index (χ0) is 17.8. The zero-order valence-electron chi connectivity index (χ0n) is 15.1. The number of rotatable bonds is 4. The molecule has 2 aromatic rings. The van der Waals surface area contributed by atoms with Crippen molar-refractivity contribution in [3.63, 3.8) is 0 Å². The van der Waals surface area contributed by atoms with Crippen molar-refractivity contribution in [1.82, 2.24) is 20.2 Å². The molecule has 1 atom stereocenters. The predicted molar refractivity (Wildman–Crippen MR) is 104 cm³/mol. The molecule has 1 saturated carbocycles. The molecule has 0 unspecified atom stereocenters. The molecule has 138 valence electrons. The van der Waals surface area contributed by atoms with Gasteiger partial charge in [0.25, 0.3) is 5.91 Å². The highest BCUT2D eigenvalue weighted by Gasteiger charge is 2.29. The van der Waals surface area contributed by atoms with Gasteiger partial charge in [0.1, 0.15) is 10.7 Å². The second-order valence-corrected chi connectivity index (χ2v) is 8.21. The van der Waals surface area contributed by atoms with Gasteiger partial charge in [0.2, 0.25) is 0 Å². The van der Waals surface area contributed by atoms with Crippen LogP contribution in [0.5, 0.6) is 0 Å². The summed E-state index contributed by atoms with van der Waals surface area (Å²) in [5, 5.41) is 5.81. The number of nitrogens with one attached hydrogen (secondary N) is 1. The van der Waals surface area contributed by atoms with E-state index in [1.807, 2.05) is 23.6 Å². The summed E-state index contributed by atoms with van der Waals surface area (Å²) in [6.07, 6.45) is 10.9. The largest absolute Gasteiger partial charge is 0.347 e. The number of hydrogen-bond acceptors (Lipinski definition) is 5. The Morgan fingerprint density at radius 2 is 2.00 bits per heavy atom. The van der Waals surface area contributed by atoms with Crippen molar-refractivity contribution >= 4 is 17.2 Å². The maximum atomic E-state index is 12.6. The standard InChI is InChI=1S/C20H26N4OS/c25-19(18-14-26-20(23-18)17-9-5-6-11-21-17)22-15-10-12-24(13-15)16-7-3-1-2-4-8-16/h5-6,9,11,14-16H,1-4,7-8,10,12-13H2,(H,22,25)/t15-/m0/s1. The number of carbonyl (C=O) groups excluding carboxylic acids is 1. The molecular formula is C20H26N4OS. The van der Waals surface area contributed by atoms with Gasteiger partial charge in [-0.1, -0.05) is 31.7 Å². The van der Waals surface area contributed by atoms with Crippen LogP contribution in [0.4, 0.5) is 0 Å². The van der Waals surface area contributed by atoms with Crippen LogP contribution in [0.3, 0.4) is 0 Å². The second kappa shape index (κ2) is 8.27. The van der Waals surface area contributed by atoms with Crippen LogP contribution in [0.15, 0.2) is 29.8 Å². The summed E-state index contributed by atoms with van der Waals surface area (Å²) in [7, 11) is 0. The normalized spacial score (nSPS) is 22.2. The summed E-state index contributed by atoms with van der Waals surface area (Å²) in [5.74, 6) is -0.0591. The topological polar surface area (TPSA) is 58.1 Å². The Bertz CT molecular complexity index is 724. The molecule has 26 heavy (non-hydrogen) atoms. The van der Waals surface area contributed by atoms with Crippen molar-refractivity contribution in [3.05, 3.63) is 35.5 Å². The molecule has 2 fully saturated rings. The maximum Gasteiger partial charge on any atom is 0.271 e. The molecule has 5 nitrogen and oxygen atoms in total. The summed E-state index contributed by atoms with van der Waals surface area (Å²) >= 11 is 1.47. The average molecular weight is 371 g/mol. The first-order chi connectivity index (χ1) is 12.8. The molecule has 6 heteroatoms. The van der Waals surface area contributed by atoms with Crippen molar-refractivity contribution < 1.29 is 4.79 Å². The zero-order valence-corrected chi connectivity index (χ0v) is 15.9. The molecule has 4 rings (SSSR count). The molecule has 0 radical (unpaired) electrons. The molecule has 0 aromatic carbocycles. The minimum atomic E-state index is -0.0591. The molecule has 2 aromatic heterocycles. The third-order valence-electron chi connectivity index (χ3n) is 5.52. The SMILES string of the molecule is O=C(N[C@H]1CCN(C2CCCCCC2)C1)c1csc(-c2ccccn2)n1. The molecule has 1 saturated heterocycles. The Kier molecular flexibility index (Phi) is 5.60. The molecular weight excluding hydrogens is 344 g/mol. The number of thiazole rings is 1. The van der Waals surface area contributed by atoms with Crippen molar-refractivity contribution in [2.45, 2.75) is 57.0 Å². The number of pyridine rings is 1. The van der Waals surface area contributed by atoms with E-state index in [0.717, 1.165) is 36.3 Å². The van der Waals surface area contributed by atoms with E-state index in [-0.39, 0.29) is 11.9 Å². The number of likely N-dealkylation sites (tertiary alicyclic amines) is 1. The lowest BCUT2D eigenvalue weighted by molar-refractivity contribution is 0.0931. The number of carbonyl (C=O) groups is 1. The quantitative estimate of drug-likeness (QED) is 0.833. The fourth-order valence-electron chi connectivity index (χ4n) is 4.10. The van der Waals surface area contributed by atoms with Crippen LogP contribution in [0.1, 0.15) is 55.4 Å². The van der Waals surface area contributed by atoms with E-state index in [0.29, 0.717) is 5.69 Å². The van der Waals surface area contributed by atoms with Gasteiger partial charge in [0, 0.05) is 36.8 Å². The molecule has 2 aliphatic rings. The lowest BCUT2D eigenvalue weighted by Crippen LogP contribution is -2.39. The van der Waals surface area contributed by atoms with Gasteiger partial charge in [-0.15, -0.1) is 11.3 Å². The summed E-state index contributed by atoms with van der Waals surface area (Å²) < 4.78 is 0. The van der Waals surface area contributed by atoms with Gasteiger partial charge in [-0.3, -0.25) is 14.7 Å². The molecule has 1 aliphatic heterocycles. The Labute approximate surface area is 158 Å². The van der Waals surface area contributed by atoms with Crippen molar-refractivity contribution in [1.29, 1.82) is 0 Å². The van der Waals surface area contributed by atoms with Crippen LogP contribution >= 0.6 is 11.3 Å². The van der Waals surface area contributed by atoms with Gasteiger partial charge in [-0.25, -0.2) is 4.98 Å². The van der Waals surface area contributed by atoms with Crippen molar-refractivity contribution in [3.8, 4) is 10.7 Å². The van der Waals surface area contributed by atoms with E-state index >= 15 is 0 Å². The van der Waals surface area contributed by atoms with E-state index in [1.165, 1.54) is 49.9 Å². The monoisotopic (exact) mass is 370 g/mol. The predicted octanol–water partition coefficient (Wildman–Crippen LogP) is 3.73. The summed E-state index contributed by atoms with van der Waals surface area (Å²) in [4.78, 5) is 23.9. The highest BCUT2D eigenvalue weighted by molar-refractivity contribution is 7.13. The number of hydrogen-bond donors (Lipinski definition) is 1. The van der Waals surface area contributed by atoms with Gasteiger partial charge in [0.15, 0.2) is 0 Å². The van der Waals surface area contributed by atoms with Gasteiger partial charge < -0.3 is 5.32 Å². The van der Waals surface area contributed by atoms with Crippen LogP contribution in [-0.2, 0) is 0 Å². The molecule has 0 spiro atoms. The van der Waals surface area contributed by atoms with Gasteiger partial charge in [0.05, 0.1) is 5.69 Å². The highest BCUT2D eigenvalue weighted by atomic mass is 32.1. The first kappa shape index (κ1) is 17.6. The van der Waals surface area contributed by atoms with Gasteiger partial charge in [-0.05, 0) is 31.4 Å². The van der Waals surface area contributed by atoms with Crippen LogP contribution in [0.2, 0.25) is 0 Å². The van der Waals surface area contributed by atoms with E-state index in [9.17, 15) is 4.79 Å². The Morgan fingerprint density at radius 3 is 2.77 bits per heavy atom.